The van der Waals surface area contributed by atoms with Gasteiger partial charge in [-0.3, -0.25) is 0 Å². The number of aromatic carboxylic acids is 1. The Morgan fingerprint density at radius 2 is 1.95 bits per heavy atom. The van der Waals surface area contributed by atoms with Gasteiger partial charge in [0.15, 0.2) is 5.69 Å². The molecular weight excluding hydrogens is 258 g/mol. The van der Waals surface area contributed by atoms with Crippen LogP contribution in [0.25, 0.3) is 11.3 Å². The number of nitrogen functional groups attached to an aromatic ring is 1. The molecule has 0 aliphatic carbocycles. The van der Waals surface area contributed by atoms with Gasteiger partial charge >= 0.3 is 5.97 Å². The molecule has 0 saturated carbocycles. The van der Waals surface area contributed by atoms with Gasteiger partial charge in [0.25, 0.3) is 0 Å². The van der Waals surface area contributed by atoms with Gasteiger partial charge < -0.3 is 15.6 Å². The number of nitrogens with two attached hydrogens (primary N) is 1. The Labute approximate surface area is 116 Å². The van der Waals surface area contributed by atoms with Crippen molar-refractivity contribution in [3.05, 3.63) is 35.0 Å². The molecule has 2 aromatic rings. The molecule has 1 aromatic heterocycles. The Balaban J connectivity index is 2.70. The van der Waals surface area contributed by atoms with Crippen LogP contribution in [0, 0.1) is 13.8 Å². The van der Waals surface area contributed by atoms with E-state index in [0.717, 1.165) is 11.1 Å². The first-order chi connectivity index (χ1) is 9.42. The lowest BCUT2D eigenvalue weighted by molar-refractivity contribution is 0.0690. The number of benzene rings is 1. The standard InChI is InChI=1S/C14H15N3O3/c1-7-4-8(2)12(20-3)9(5-7)10-6-11(13(18)19)17-14(15)16-10/h4-6H,1-3H3,(H,18,19)(H2,15,16,17). The number of ether oxygens (including phenoxy) is 1. The SMILES string of the molecule is COc1c(C)cc(C)cc1-c1cc(C(=O)O)nc(N)n1. The number of methoxy groups -OCH3 is 1. The van der Waals surface area contributed by atoms with Crippen LogP contribution in [0.5, 0.6) is 5.75 Å². The molecule has 3 N–H and O–H groups in total. The van der Waals surface area contributed by atoms with Gasteiger partial charge in [-0.25, -0.2) is 14.8 Å². The number of nitrogens with zero attached hydrogens (tertiary/aromatic N) is 2. The zero-order chi connectivity index (χ0) is 14.9. The molecule has 0 saturated heterocycles. The molecule has 20 heavy (non-hydrogen) atoms. The minimum absolute atomic E-state index is 0.0823. The van der Waals surface area contributed by atoms with Crippen molar-refractivity contribution in [3.63, 3.8) is 0 Å². The van der Waals surface area contributed by atoms with E-state index in [1.165, 1.54) is 6.07 Å². The third-order valence-electron chi connectivity index (χ3n) is 2.86. The number of carboxylic acid groups (broad SMARTS) is 1. The van der Waals surface area contributed by atoms with E-state index in [2.05, 4.69) is 9.97 Å². The maximum absolute atomic E-state index is 11.0. The van der Waals surface area contributed by atoms with Gasteiger partial charge in [-0.2, -0.15) is 0 Å². The first-order valence-corrected chi connectivity index (χ1v) is 5.96. The quantitative estimate of drug-likeness (QED) is 0.888. The summed E-state index contributed by atoms with van der Waals surface area (Å²) in [6, 6.07) is 5.24. The molecule has 104 valence electrons. The van der Waals surface area contributed by atoms with E-state index in [9.17, 15) is 4.79 Å². The monoisotopic (exact) mass is 273 g/mol. The van der Waals surface area contributed by atoms with Crippen LogP contribution < -0.4 is 10.5 Å². The molecular formula is C14H15N3O3. The van der Waals surface area contributed by atoms with Gasteiger partial charge in [0, 0.05) is 5.56 Å². The maximum Gasteiger partial charge on any atom is 0.354 e. The largest absolute Gasteiger partial charge is 0.496 e. The second-order valence-electron chi connectivity index (χ2n) is 4.46. The zero-order valence-corrected chi connectivity index (χ0v) is 11.5. The number of aromatic nitrogens is 2. The highest BCUT2D eigenvalue weighted by atomic mass is 16.5. The fraction of sp³-hybridized carbons (Fsp3) is 0.214. The van der Waals surface area contributed by atoms with Gasteiger partial charge in [-0.15, -0.1) is 0 Å². The molecule has 0 amide bonds. The van der Waals surface area contributed by atoms with E-state index in [-0.39, 0.29) is 11.6 Å². The van der Waals surface area contributed by atoms with E-state index >= 15 is 0 Å². The lowest BCUT2D eigenvalue weighted by atomic mass is 10.0. The van der Waals surface area contributed by atoms with Crippen molar-refractivity contribution in [1.29, 1.82) is 0 Å². The van der Waals surface area contributed by atoms with Crippen LogP contribution in [0.1, 0.15) is 21.6 Å². The maximum atomic E-state index is 11.0. The molecule has 6 heteroatoms. The Morgan fingerprint density at radius 1 is 1.25 bits per heavy atom. The van der Waals surface area contributed by atoms with Crippen molar-refractivity contribution >= 4 is 11.9 Å². The average molecular weight is 273 g/mol. The minimum atomic E-state index is -1.15. The first kappa shape index (κ1) is 13.8. The predicted molar refractivity (Wildman–Crippen MR) is 74.9 cm³/mol. The summed E-state index contributed by atoms with van der Waals surface area (Å²) >= 11 is 0. The van der Waals surface area contributed by atoms with Crippen molar-refractivity contribution in [3.8, 4) is 17.0 Å². The van der Waals surface area contributed by atoms with Crippen molar-refractivity contribution in [2.24, 2.45) is 0 Å². The van der Waals surface area contributed by atoms with Crippen LogP contribution in [0.15, 0.2) is 18.2 Å². The molecule has 0 spiro atoms. The Kier molecular flexibility index (Phi) is 3.56. The van der Waals surface area contributed by atoms with Crippen LogP contribution in [0.3, 0.4) is 0 Å². The predicted octanol–water partition coefficient (Wildman–Crippen LogP) is 2.05. The summed E-state index contributed by atoms with van der Waals surface area (Å²) in [5.74, 6) is -0.588. The lowest BCUT2D eigenvalue weighted by Gasteiger charge is -2.13. The van der Waals surface area contributed by atoms with E-state index in [0.29, 0.717) is 17.0 Å². The lowest BCUT2D eigenvalue weighted by Crippen LogP contribution is -2.06. The number of hydrogen-bond acceptors (Lipinski definition) is 5. The van der Waals surface area contributed by atoms with Crippen molar-refractivity contribution in [2.75, 3.05) is 12.8 Å². The summed E-state index contributed by atoms with van der Waals surface area (Å²) in [6.07, 6.45) is 0. The van der Waals surface area contributed by atoms with Crippen LogP contribution in [0.4, 0.5) is 5.95 Å². The van der Waals surface area contributed by atoms with Gasteiger partial charge in [0.1, 0.15) is 5.75 Å². The van der Waals surface area contributed by atoms with Crippen LogP contribution >= 0.6 is 0 Å². The molecule has 0 radical (unpaired) electrons. The van der Waals surface area contributed by atoms with Crippen LogP contribution in [-0.4, -0.2) is 28.2 Å². The van der Waals surface area contributed by atoms with Crippen LogP contribution in [0.2, 0.25) is 0 Å². The number of aryl methyl sites for hydroxylation is 2. The van der Waals surface area contributed by atoms with Gasteiger partial charge in [-0.1, -0.05) is 6.07 Å². The molecule has 0 atom stereocenters. The summed E-state index contributed by atoms with van der Waals surface area (Å²) in [4.78, 5) is 18.8. The van der Waals surface area contributed by atoms with Gasteiger partial charge in [0.05, 0.1) is 12.8 Å². The van der Waals surface area contributed by atoms with Crippen LogP contribution in [-0.2, 0) is 0 Å². The van der Waals surface area contributed by atoms with Crippen molar-refractivity contribution < 1.29 is 14.6 Å². The average Bonchev–Trinajstić information content (AvgIpc) is 2.37. The van der Waals surface area contributed by atoms with E-state index in [4.69, 9.17) is 15.6 Å². The molecule has 1 aromatic carbocycles. The summed E-state index contributed by atoms with van der Waals surface area (Å²) in [5, 5.41) is 9.04. The molecule has 6 nitrogen and oxygen atoms in total. The summed E-state index contributed by atoms with van der Waals surface area (Å²) in [5.41, 5.74) is 8.52. The second kappa shape index (κ2) is 5.16. The number of hydrogen-bond donors (Lipinski definition) is 2. The number of carbonyl (C=O) groups is 1. The Hall–Kier alpha value is -2.63. The van der Waals surface area contributed by atoms with E-state index in [1.54, 1.807) is 7.11 Å². The van der Waals surface area contributed by atoms with E-state index < -0.39 is 5.97 Å². The second-order valence-corrected chi connectivity index (χ2v) is 4.46. The number of rotatable bonds is 3. The Bertz CT molecular complexity index is 684. The smallest absolute Gasteiger partial charge is 0.354 e. The third-order valence-corrected chi connectivity index (χ3v) is 2.86. The van der Waals surface area contributed by atoms with Gasteiger partial charge in [0.2, 0.25) is 5.95 Å². The highest BCUT2D eigenvalue weighted by molar-refractivity contribution is 5.87. The summed E-state index contributed by atoms with van der Waals surface area (Å²) in [6.45, 7) is 3.86. The number of anilines is 1. The normalized spacial score (nSPS) is 10.3. The molecule has 0 aliphatic rings. The highest BCUT2D eigenvalue weighted by Gasteiger charge is 2.15. The molecule has 0 unspecified atom stereocenters. The topological polar surface area (TPSA) is 98.3 Å². The third kappa shape index (κ3) is 2.54. The fourth-order valence-electron chi connectivity index (χ4n) is 2.13. The van der Waals surface area contributed by atoms with E-state index in [1.807, 2.05) is 26.0 Å². The molecule has 0 aliphatic heterocycles. The Morgan fingerprint density at radius 3 is 2.55 bits per heavy atom. The number of carboxylic acids is 1. The molecule has 2 rings (SSSR count). The molecule has 0 bridgehead atoms. The zero-order valence-electron chi connectivity index (χ0n) is 11.5. The summed E-state index contributed by atoms with van der Waals surface area (Å²) in [7, 11) is 1.56. The van der Waals surface area contributed by atoms with Gasteiger partial charge in [-0.05, 0) is 37.1 Å². The molecule has 1 heterocycles. The fourth-order valence-corrected chi connectivity index (χ4v) is 2.13. The van der Waals surface area contributed by atoms with Crippen molar-refractivity contribution in [2.45, 2.75) is 13.8 Å². The summed E-state index contributed by atoms with van der Waals surface area (Å²) < 4.78 is 5.38. The molecule has 0 fully saturated rings. The minimum Gasteiger partial charge on any atom is -0.496 e. The first-order valence-electron chi connectivity index (χ1n) is 5.96. The highest BCUT2D eigenvalue weighted by Crippen LogP contribution is 2.33. The van der Waals surface area contributed by atoms with Crippen molar-refractivity contribution in [1.82, 2.24) is 9.97 Å².